The Morgan fingerprint density at radius 3 is 3.00 bits per heavy atom. The van der Waals surface area contributed by atoms with Crippen LogP contribution in [0, 0.1) is 0 Å². The standard InChI is InChI=1S/C18H21N5OS/c1-21-6-2-5-16(21)18(24)20-11-14-10-19-17-13-22(7-8-23(14)17)12-15-4-3-9-25-15/h2-6,9-10H,7-8,11-13H2,1H3,(H,20,24). The van der Waals surface area contributed by atoms with Crippen LogP contribution in [0.15, 0.2) is 42.0 Å². The van der Waals surface area contributed by atoms with E-state index in [9.17, 15) is 4.79 Å². The highest BCUT2D eigenvalue weighted by molar-refractivity contribution is 7.09. The lowest BCUT2D eigenvalue weighted by Gasteiger charge is -2.28. The first-order valence-electron chi connectivity index (χ1n) is 8.38. The summed E-state index contributed by atoms with van der Waals surface area (Å²) in [4.78, 5) is 20.6. The Bertz CT molecular complexity index is 864. The Kier molecular flexibility index (Phi) is 4.42. The fraction of sp³-hybridized carbons (Fsp3) is 0.333. The maximum absolute atomic E-state index is 12.3. The van der Waals surface area contributed by atoms with Crippen LogP contribution in [0.4, 0.5) is 0 Å². The molecule has 0 fully saturated rings. The monoisotopic (exact) mass is 355 g/mol. The minimum Gasteiger partial charge on any atom is -0.347 e. The van der Waals surface area contributed by atoms with Crippen LogP contribution in [-0.2, 0) is 33.2 Å². The molecule has 3 aromatic rings. The van der Waals surface area contributed by atoms with Gasteiger partial charge in [0.15, 0.2) is 0 Å². The van der Waals surface area contributed by atoms with Gasteiger partial charge in [0, 0.05) is 37.8 Å². The highest BCUT2D eigenvalue weighted by atomic mass is 32.1. The van der Waals surface area contributed by atoms with Crippen LogP contribution in [-0.4, -0.2) is 31.5 Å². The second-order valence-electron chi connectivity index (χ2n) is 6.29. The van der Waals surface area contributed by atoms with Crippen molar-refractivity contribution >= 4 is 17.2 Å². The van der Waals surface area contributed by atoms with Crippen LogP contribution in [0.5, 0.6) is 0 Å². The Morgan fingerprint density at radius 1 is 1.32 bits per heavy atom. The fourth-order valence-corrected chi connectivity index (χ4v) is 3.98. The van der Waals surface area contributed by atoms with E-state index in [1.54, 1.807) is 11.3 Å². The second kappa shape index (κ2) is 6.85. The first kappa shape index (κ1) is 16.1. The molecule has 4 rings (SSSR count). The first-order valence-corrected chi connectivity index (χ1v) is 9.26. The lowest BCUT2D eigenvalue weighted by Crippen LogP contribution is -2.34. The van der Waals surface area contributed by atoms with Gasteiger partial charge in [0.05, 0.1) is 25.0 Å². The number of aromatic nitrogens is 3. The fourth-order valence-electron chi connectivity index (χ4n) is 3.23. The van der Waals surface area contributed by atoms with Crippen molar-refractivity contribution in [1.82, 2.24) is 24.3 Å². The number of amides is 1. The molecule has 4 heterocycles. The van der Waals surface area contributed by atoms with Gasteiger partial charge in [-0.05, 0) is 23.6 Å². The topological polar surface area (TPSA) is 55.1 Å². The van der Waals surface area contributed by atoms with Crippen molar-refractivity contribution in [2.45, 2.75) is 26.2 Å². The summed E-state index contributed by atoms with van der Waals surface area (Å²) >= 11 is 1.80. The van der Waals surface area contributed by atoms with E-state index in [2.05, 4.69) is 37.3 Å². The largest absolute Gasteiger partial charge is 0.347 e. The molecule has 3 aromatic heterocycles. The van der Waals surface area contributed by atoms with Crippen molar-refractivity contribution in [3.8, 4) is 0 Å². The molecule has 0 aliphatic carbocycles. The van der Waals surface area contributed by atoms with E-state index in [1.807, 2.05) is 36.1 Å². The van der Waals surface area contributed by atoms with Gasteiger partial charge in [0.1, 0.15) is 11.5 Å². The molecule has 0 atom stereocenters. The summed E-state index contributed by atoms with van der Waals surface area (Å²) in [5.74, 6) is 1.02. The van der Waals surface area contributed by atoms with Crippen molar-refractivity contribution in [3.05, 3.63) is 64.1 Å². The summed E-state index contributed by atoms with van der Waals surface area (Å²) in [7, 11) is 1.87. The summed E-state index contributed by atoms with van der Waals surface area (Å²) in [5, 5.41) is 5.11. The van der Waals surface area contributed by atoms with Gasteiger partial charge in [-0.25, -0.2) is 4.98 Å². The number of carbonyl (C=O) groups excluding carboxylic acids is 1. The third kappa shape index (κ3) is 3.38. The van der Waals surface area contributed by atoms with Crippen molar-refractivity contribution in [3.63, 3.8) is 0 Å². The van der Waals surface area contributed by atoms with Gasteiger partial charge in [-0.2, -0.15) is 0 Å². The van der Waals surface area contributed by atoms with Crippen molar-refractivity contribution in [2.75, 3.05) is 6.54 Å². The maximum atomic E-state index is 12.3. The summed E-state index contributed by atoms with van der Waals surface area (Å²) in [5.41, 5.74) is 1.73. The Labute approximate surface area is 150 Å². The van der Waals surface area contributed by atoms with Gasteiger partial charge in [-0.15, -0.1) is 11.3 Å². The SMILES string of the molecule is Cn1cccc1C(=O)NCc1cnc2n1CCN(Cc1cccs1)C2. The first-order chi connectivity index (χ1) is 12.2. The number of hydrogen-bond donors (Lipinski definition) is 1. The molecule has 0 spiro atoms. The van der Waals surface area contributed by atoms with E-state index >= 15 is 0 Å². The van der Waals surface area contributed by atoms with E-state index in [1.165, 1.54) is 4.88 Å². The number of nitrogens with one attached hydrogen (secondary N) is 1. The van der Waals surface area contributed by atoms with Crippen LogP contribution < -0.4 is 5.32 Å². The van der Waals surface area contributed by atoms with Crippen molar-refractivity contribution < 1.29 is 4.79 Å². The molecule has 130 valence electrons. The van der Waals surface area contributed by atoms with Gasteiger partial charge in [0.2, 0.25) is 0 Å². The number of hydrogen-bond acceptors (Lipinski definition) is 4. The zero-order valence-electron chi connectivity index (χ0n) is 14.2. The third-order valence-corrected chi connectivity index (χ3v) is 5.45. The number of thiophene rings is 1. The molecule has 0 aromatic carbocycles. The number of rotatable bonds is 5. The van der Waals surface area contributed by atoms with E-state index in [4.69, 9.17) is 0 Å². The highest BCUT2D eigenvalue weighted by Gasteiger charge is 2.20. The Morgan fingerprint density at radius 2 is 2.24 bits per heavy atom. The second-order valence-corrected chi connectivity index (χ2v) is 7.33. The minimum atomic E-state index is -0.0572. The molecular weight excluding hydrogens is 334 g/mol. The van der Waals surface area contributed by atoms with Crippen LogP contribution in [0.1, 0.15) is 26.9 Å². The third-order valence-electron chi connectivity index (χ3n) is 4.59. The molecule has 0 saturated carbocycles. The molecule has 0 saturated heterocycles. The number of carbonyl (C=O) groups is 1. The predicted octanol–water partition coefficient (Wildman–Crippen LogP) is 2.23. The smallest absolute Gasteiger partial charge is 0.268 e. The lowest BCUT2D eigenvalue weighted by atomic mass is 10.3. The average molecular weight is 355 g/mol. The van der Waals surface area contributed by atoms with Gasteiger partial charge >= 0.3 is 0 Å². The van der Waals surface area contributed by atoms with Crippen molar-refractivity contribution in [2.24, 2.45) is 7.05 Å². The Hall–Kier alpha value is -2.38. The zero-order valence-corrected chi connectivity index (χ0v) is 15.0. The van der Waals surface area contributed by atoms with Gasteiger partial charge < -0.3 is 14.5 Å². The van der Waals surface area contributed by atoms with Crippen LogP contribution in [0.25, 0.3) is 0 Å². The van der Waals surface area contributed by atoms with Crippen molar-refractivity contribution in [1.29, 1.82) is 0 Å². The molecule has 0 bridgehead atoms. The molecule has 1 N–H and O–H groups in total. The van der Waals surface area contributed by atoms with Crippen LogP contribution >= 0.6 is 11.3 Å². The van der Waals surface area contributed by atoms with E-state index in [-0.39, 0.29) is 5.91 Å². The molecular formula is C18H21N5OS. The van der Waals surface area contributed by atoms with E-state index in [0.717, 1.165) is 37.7 Å². The van der Waals surface area contributed by atoms with E-state index < -0.39 is 0 Å². The molecule has 7 heteroatoms. The predicted molar refractivity (Wildman–Crippen MR) is 97.2 cm³/mol. The average Bonchev–Trinajstić information content (AvgIpc) is 3.34. The number of imidazole rings is 1. The number of nitrogens with zero attached hydrogens (tertiary/aromatic N) is 4. The molecule has 0 radical (unpaired) electrons. The van der Waals surface area contributed by atoms with Gasteiger partial charge in [0.25, 0.3) is 5.91 Å². The number of fused-ring (bicyclic) bond motifs is 1. The summed E-state index contributed by atoms with van der Waals surface area (Å²) < 4.78 is 4.06. The zero-order chi connectivity index (χ0) is 17.2. The van der Waals surface area contributed by atoms with Crippen LogP contribution in [0.3, 0.4) is 0 Å². The summed E-state index contributed by atoms with van der Waals surface area (Å²) in [6, 6.07) is 7.97. The molecule has 6 nitrogen and oxygen atoms in total. The lowest BCUT2D eigenvalue weighted by molar-refractivity contribution is 0.0941. The molecule has 1 amide bonds. The quantitative estimate of drug-likeness (QED) is 0.764. The Balaban J connectivity index is 1.38. The van der Waals surface area contributed by atoms with E-state index in [0.29, 0.717) is 12.2 Å². The molecule has 0 unspecified atom stereocenters. The maximum Gasteiger partial charge on any atom is 0.268 e. The van der Waals surface area contributed by atoms with Crippen LogP contribution in [0.2, 0.25) is 0 Å². The summed E-state index contributed by atoms with van der Waals surface area (Å²) in [6.07, 6.45) is 3.76. The molecule has 25 heavy (non-hydrogen) atoms. The number of aryl methyl sites for hydroxylation is 1. The van der Waals surface area contributed by atoms with Gasteiger partial charge in [-0.3, -0.25) is 9.69 Å². The molecule has 1 aliphatic rings. The normalized spacial score (nSPS) is 14.4. The molecule has 1 aliphatic heterocycles. The minimum absolute atomic E-state index is 0.0572. The summed E-state index contributed by atoms with van der Waals surface area (Å²) in [6.45, 7) is 4.24. The van der Waals surface area contributed by atoms with Gasteiger partial charge in [-0.1, -0.05) is 6.07 Å². The highest BCUT2D eigenvalue weighted by Crippen LogP contribution is 2.18.